The van der Waals surface area contributed by atoms with E-state index in [1.165, 1.54) is 10.9 Å². The summed E-state index contributed by atoms with van der Waals surface area (Å²) in [7, 11) is 3.73. The third kappa shape index (κ3) is 2.94. The average molecular weight is 258 g/mol. The lowest BCUT2D eigenvalue weighted by Crippen LogP contribution is -2.34. The number of hydrogen-bond acceptors (Lipinski definition) is 3. The van der Waals surface area contributed by atoms with Gasteiger partial charge in [-0.15, -0.1) is 0 Å². The van der Waals surface area contributed by atoms with Gasteiger partial charge < -0.3 is 10.1 Å². The third-order valence-corrected chi connectivity index (χ3v) is 3.54. The Hall–Kier alpha value is -1.45. The Bertz CT molecular complexity index is 539. The van der Waals surface area contributed by atoms with E-state index in [2.05, 4.69) is 36.3 Å². The number of hydrogen-bond donors (Lipinski definition) is 1. The van der Waals surface area contributed by atoms with Crippen molar-refractivity contribution in [2.24, 2.45) is 5.92 Å². The van der Waals surface area contributed by atoms with E-state index < -0.39 is 0 Å². The molecule has 0 radical (unpaired) electrons. The van der Waals surface area contributed by atoms with Crippen LogP contribution in [0.25, 0.3) is 10.9 Å². The molecule has 1 N–H and O–H groups in total. The lowest BCUT2D eigenvalue weighted by Gasteiger charge is -2.29. The average Bonchev–Trinajstić information content (AvgIpc) is 2.43. The number of para-hydroxylation sites is 1. The molecule has 2 rings (SSSR count). The first kappa shape index (κ1) is 14.0. The Kier molecular flexibility index (Phi) is 4.51. The smallest absolute Gasteiger partial charge is 0.0789 e. The fourth-order valence-corrected chi connectivity index (χ4v) is 2.57. The standard InChI is InChI=1S/C16H22N2O/c1-11(2)16(19-4)15(17-3)13-9-12-7-5-6-8-14(12)18-10-13/h5-11,15-17H,1-4H3. The number of fused-ring (bicyclic) bond motifs is 1. The number of benzene rings is 1. The van der Waals surface area contributed by atoms with Crippen molar-refractivity contribution in [2.75, 3.05) is 14.2 Å². The number of rotatable bonds is 5. The summed E-state index contributed by atoms with van der Waals surface area (Å²) in [5.74, 6) is 0.439. The van der Waals surface area contributed by atoms with Gasteiger partial charge in [0.15, 0.2) is 0 Å². The van der Waals surface area contributed by atoms with Crippen LogP contribution >= 0.6 is 0 Å². The quantitative estimate of drug-likeness (QED) is 0.894. The summed E-state index contributed by atoms with van der Waals surface area (Å²) >= 11 is 0. The minimum atomic E-state index is 0.132. The number of aromatic nitrogens is 1. The first-order chi connectivity index (χ1) is 9.17. The monoisotopic (exact) mass is 258 g/mol. The van der Waals surface area contributed by atoms with E-state index in [0.717, 1.165) is 5.52 Å². The van der Waals surface area contributed by atoms with Crippen molar-refractivity contribution >= 4 is 10.9 Å². The van der Waals surface area contributed by atoms with E-state index in [1.807, 2.05) is 31.4 Å². The highest BCUT2D eigenvalue weighted by molar-refractivity contribution is 5.78. The van der Waals surface area contributed by atoms with Gasteiger partial charge in [-0.25, -0.2) is 0 Å². The fraction of sp³-hybridized carbons (Fsp3) is 0.438. The molecule has 2 aromatic rings. The molecule has 2 atom stereocenters. The number of methoxy groups -OCH3 is 1. The third-order valence-electron chi connectivity index (χ3n) is 3.54. The van der Waals surface area contributed by atoms with Crippen LogP contribution in [0.3, 0.4) is 0 Å². The molecule has 1 heterocycles. The molecule has 0 saturated carbocycles. The maximum atomic E-state index is 5.64. The second-order valence-electron chi connectivity index (χ2n) is 5.17. The van der Waals surface area contributed by atoms with Gasteiger partial charge in [0.05, 0.1) is 17.7 Å². The highest BCUT2D eigenvalue weighted by Crippen LogP contribution is 2.25. The Morgan fingerprint density at radius 3 is 2.58 bits per heavy atom. The lowest BCUT2D eigenvalue weighted by molar-refractivity contribution is 0.0348. The van der Waals surface area contributed by atoms with Crippen LogP contribution in [-0.4, -0.2) is 25.2 Å². The van der Waals surface area contributed by atoms with Crippen molar-refractivity contribution in [1.82, 2.24) is 10.3 Å². The summed E-state index contributed by atoms with van der Waals surface area (Å²) in [4.78, 5) is 4.53. The van der Waals surface area contributed by atoms with Gasteiger partial charge in [0.1, 0.15) is 0 Å². The van der Waals surface area contributed by atoms with Gasteiger partial charge >= 0.3 is 0 Å². The molecule has 0 aliphatic carbocycles. The summed E-state index contributed by atoms with van der Waals surface area (Å²) in [6, 6.07) is 10.5. The highest BCUT2D eigenvalue weighted by atomic mass is 16.5. The van der Waals surface area contributed by atoms with Crippen LogP contribution in [0.1, 0.15) is 25.5 Å². The van der Waals surface area contributed by atoms with E-state index in [9.17, 15) is 0 Å². The van der Waals surface area contributed by atoms with Gasteiger partial charge in [-0.2, -0.15) is 0 Å². The fourth-order valence-electron chi connectivity index (χ4n) is 2.57. The SMILES string of the molecule is CNC(c1cnc2ccccc2c1)C(OC)C(C)C. The molecule has 1 aromatic carbocycles. The zero-order valence-electron chi connectivity index (χ0n) is 12.1. The molecule has 2 unspecified atom stereocenters. The zero-order chi connectivity index (χ0) is 13.8. The Balaban J connectivity index is 2.40. The first-order valence-corrected chi connectivity index (χ1v) is 6.72. The summed E-state index contributed by atoms with van der Waals surface area (Å²) < 4.78 is 5.64. The molecule has 0 bridgehead atoms. The van der Waals surface area contributed by atoms with E-state index in [4.69, 9.17) is 4.74 Å². The van der Waals surface area contributed by atoms with Crippen molar-refractivity contribution in [1.29, 1.82) is 0 Å². The number of nitrogens with zero attached hydrogens (tertiary/aromatic N) is 1. The van der Waals surface area contributed by atoms with Crippen molar-refractivity contribution in [3.05, 3.63) is 42.1 Å². The van der Waals surface area contributed by atoms with Crippen LogP contribution in [-0.2, 0) is 4.74 Å². The first-order valence-electron chi connectivity index (χ1n) is 6.72. The molecule has 0 saturated heterocycles. The molecule has 1 aromatic heterocycles. The Labute approximate surface area is 115 Å². The van der Waals surface area contributed by atoms with Gasteiger partial charge in [-0.05, 0) is 30.7 Å². The van der Waals surface area contributed by atoms with Gasteiger partial charge in [-0.3, -0.25) is 4.98 Å². The topological polar surface area (TPSA) is 34.2 Å². The van der Waals surface area contributed by atoms with Crippen molar-refractivity contribution < 1.29 is 4.74 Å². The molecule has 0 aliphatic heterocycles. The lowest BCUT2D eigenvalue weighted by atomic mass is 9.94. The molecular formula is C16H22N2O. The van der Waals surface area contributed by atoms with E-state index in [1.54, 1.807) is 7.11 Å². The molecule has 3 heteroatoms. The maximum Gasteiger partial charge on any atom is 0.0789 e. The van der Waals surface area contributed by atoms with Crippen LogP contribution in [0.15, 0.2) is 36.5 Å². The molecule has 0 aliphatic rings. The molecule has 102 valence electrons. The van der Waals surface area contributed by atoms with Crippen molar-refractivity contribution in [2.45, 2.75) is 26.0 Å². The Morgan fingerprint density at radius 1 is 1.21 bits per heavy atom. The number of likely N-dealkylation sites (N-methyl/N-ethyl adjacent to an activating group) is 1. The Morgan fingerprint density at radius 2 is 1.95 bits per heavy atom. The highest BCUT2D eigenvalue weighted by Gasteiger charge is 2.24. The molecule has 3 nitrogen and oxygen atoms in total. The normalized spacial score (nSPS) is 14.8. The summed E-state index contributed by atoms with van der Waals surface area (Å²) in [6.07, 6.45) is 2.07. The number of pyridine rings is 1. The predicted molar refractivity (Wildman–Crippen MR) is 79.2 cm³/mol. The van der Waals surface area contributed by atoms with E-state index in [-0.39, 0.29) is 12.1 Å². The molecular weight excluding hydrogens is 236 g/mol. The van der Waals surface area contributed by atoms with Gasteiger partial charge in [-0.1, -0.05) is 32.0 Å². The molecule has 19 heavy (non-hydrogen) atoms. The second kappa shape index (κ2) is 6.13. The second-order valence-corrected chi connectivity index (χ2v) is 5.17. The number of ether oxygens (including phenoxy) is 1. The van der Waals surface area contributed by atoms with Crippen LogP contribution < -0.4 is 5.32 Å². The van der Waals surface area contributed by atoms with Crippen molar-refractivity contribution in [3.63, 3.8) is 0 Å². The van der Waals surface area contributed by atoms with Crippen molar-refractivity contribution in [3.8, 4) is 0 Å². The molecule has 0 spiro atoms. The summed E-state index contributed by atoms with van der Waals surface area (Å²) in [6.45, 7) is 4.35. The molecule has 0 fully saturated rings. The van der Waals surface area contributed by atoms with Crippen LogP contribution in [0.5, 0.6) is 0 Å². The van der Waals surface area contributed by atoms with Crippen LogP contribution in [0.4, 0.5) is 0 Å². The van der Waals surface area contributed by atoms with Crippen LogP contribution in [0.2, 0.25) is 0 Å². The van der Waals surface area contributed by atoms with Gasteiger partial charge in [0, 0.05) is 18.7 Å². The van der Waals surface area contributed by atoms with Gasteiger partial charge in [0.2, 0.25) is 0 Å². The van der Waals surface area contributed by atoms with E-state index in [0.29, 0.717) is 5.92 Å². The van der Waals surface area contributed by atoms with Crippen LogP contribution in [0, 0.1) is 5.92 Å². The van der Waals surface area contributed by atoms with E-state index >= 15 is 0 Å². The zero-order valence-corrected chi connectivity index (χ0v) is 12.1. The minimum absolute atomic E-state index is 0.132. The maximum absolute atomic E-state index is 5.64. The van der Waals surface area contributed by atoms with Gasteiger partial charge in [0.25, 0.3) is 0 Å². The number of nitrogens with one attached hydrogen (secondary N) is 1. The molecule has 0 amide bonds. The predicted octanol–water partition coefficient (Wildman–Crippen LogP) is 3.17. The largest absolute Gasteiger partial charge is 0.379 e. The summed E-state index contributed by atoms with van der Waals surface area (Å²) in [5, 5.41) is 4.52. The minimum Gasteiger partial charge on any atom is -0.379 e. The summed E-state index contributed by atoms with van der Waals surface area (Å²) in [5.41, 5.74) is 2.20.